The summed E-state index contributed by atoms with van der Waals surface area (Å²) in [4.78, 5) is 12.1. The molecule has 102 valence electrons. The van der Waals surface area contributed by atoms with E-state index >= 15 is 0 Å². The Morgan fingerprint density at radius 2 is 1.72 bits per heavy atom. The third-order valence-electron chi connectivity index (χ3n) is 4.23. The third kappa shape index (κ3) is 2.68. The average molecular weight is 270 g/mol. The van der Waals surface area contributed by atoms with Gasteiger partial charge < -0.3 is 0 Å². The van der Waals surface area contributed by atoms with Crippen LogP contribution in [0.2, 0.25) is 0 Å². The summed E-state index contributed by atoms with van der Waals surface area (Å²) in [6.07, 6.45) is 6.12. The minimum absolute atomic E-state index is 0.00316. The van der Waals surface area contributed by atoms with Crippen molar-refractivity contribution in [1.82, 2.24) is 0 Å². The molecular weight excluding hydrogens is 248 g/mol. The van der Waals surface area contributed by atoms with Crippen molar-refractivity contribution in [3.8, 4) is 0 Å². The lowest BCUT2D eigenvalue weighted by atomic mass is 9.92. The molecule has 3 nitrogen and oxygen atoms in total. The Morgan fingerprint density at radius 3 is 2.22 bits per heavy atom. The number of rotatable bonds is 4. The second kappa shape index (κ2) is 5.16. The van der Waals surface area contributed by atoms with Crippen LogP contribution in [0.1, 0.15) is 52.4 Å². The van der Waals surface area contributed by atoms with Crippen molar-refractivity contribution in [3.05, 3.63) is 11.6 Å². The normalized spacial score (nSPS) is 33.1. The number of ketones is 1. The SMILES string of the molecule is CC(C)=CCCC(=O)C1CC2CCC(C1)S2(=O)=O. The number of Topliss-reactive ketones (excluding diaryl/α,β-unsaturated/α-hetero) is 1. The third-order valence-corrected chi connectivity index (χ3v) is 6.95. The molecule has 0 saturated carbocycles. The molecule has 4 heteroatoms. The van der Waals surface area contributed by atoms with Gasteiger partial charge in [-0.05, 0) is 46.0 Å². The molecule has 2 bridgehead atoms. The summed E-state index contributed by atoms with van der Waals surface area (Å²) in [5, 5.41) is -0.456. The maximum atomic E-state index is 12.1. The van der Waals surface area contributed by atoms with Gasteiger partial charge in [-0.3, -0.25) is 4.79 Å². The highest BCUT2D eigenvalue weighted by molar-refractivity contribution is 7.93. The fraction of sp³-hybridized carbons (Fsp3) is 0.786. The smallest absolute Gasteiger partial charge is 0.156 e. The molecule has 2 aliphatic rings. The summed E-state index contributed by atoms with van der Waals surface area (Å²) >= 11 is 0. The summed E-state index contributed by atoms with van der Waals surface area (Å²) in [6, 6.07) is 0. The van der Waals surface area contributed by atoms with E-state index in [1.54, 1.807) is 0 Å². The maximum Gasteiger partial charge on any atom is 0.156 e. The number of carbonyl (C=O) groups is 1. The van der Waals surface area contributed by atoms with Gasteiger partial charge in [-0.2, -0.15) is 0 Å². The molecule has 2 heterocycles. The molecule has 0 N–H and O–H groups in total. The number of sulfone groups is 1. The molecule has 2 saturated heterocycles. The maximum absolute atomic E-state index is 12.1. The highest BCUT2D eigenvalue weighted by Crippen LogP contribution is 2.41. The largest absolute Gasteiger partial charge is 0.299 e. The molecule has 0 aromatic rings. The van der Waals surface area contributed by atoms with Gasteiger partial charge in [0, 0.05) is 12.3 Å². The zero-order valence-corrected chi connectivity index (χ0v) is 12.0. The van der Waals surface area contributed by atoms with Gasteiger partial charge >= 0.3 is 0 Å². The lowest BCUT2D eigenvalue weighted by Crippen LogP contribution is -2.36. The van der Waals surface area contributed by atoms with Crippen molar-refractivity contribution in [2.45, 2.75) is 62.9 Å². The lowest BCUT2D eigenvalue weighted by molar-refractivity contribution is -0.123. The zero-order valence-electron chi connectivity index (χ0n) is 11.2. The van der Waals surface area contributed by atoms with Crippen LogP contribution < -0.4 is 0 Å². The van der Waals surface area contributed by atoms with E-state index in [0.29, 0.717) is 19.3 Å². The molecular formula is C14H22O3S. The van der Waals surface area contributed by atoms with Gasteiger partial charge in [0.25, 0.3) is 0 Å². The Balaban J connectivity index is 1.93. The van der Waals surface area contributed by atoms with Gasteiger partial charge in [0.1, 0.15) is 5.78 Å². The van der Waals surface area contributed by atoms with Crippen LogP contribution in [0.5, 0.6) is 0 Å². The Labute approximate surface area is 110 Å². The van der Waals surface area contributed by atoms with E-state index in [1.165, 1.54) is 5.57 Å². The first-order valence-corrected chi connectivity index (χ1v) is 8.41. The summed E-state index contributed by atoms with van der Waals surface area (Å²) in [6.45, 7) is 4.05. The highest BCUT2D eigenvalue weighted by Gasteiger charge is 2.48. The van der Waals surface area contributed by atoms with Crippen molar-refractivity contribution >= 4 is 15.6 Å². The molecule has 2 fully saturated rings. The Hall–Kier alpha value is -0.640. The van der Waals surface area contributed by atoms with E-state index in [0.717, 1.165) is 19.3 Å². The average Bonchev–Trinajstić information content (AvgIpc) is 2.50. The van der Waals surface area contributed by atoms with Crippen LogP contribution in [0.4, 0.5) is 0 Å². The van der Waals surface area contributed by atoms with Crippen molar-refractivity contribution in [2.24, 2.45) is 5.92 Å². The van der Waals surface area contributed by atoms with Crippen LogP contribution in [0.3, 0.4) is 0 Å². The Kier molecular flexibility index (Phi) is 3.95. The van der Waals surface area contributed by atoms with Crippen LogP contribution in [0, 0.1) is 5.92 Å². The fourth-order valence-corrected chi connectivity index (χ4v) is 5.65. The van der Waals surface area contributed by atoms with Crippen LogP contribution in [-0.4, -0.2) is 24.7 Å². The van der Waals surface area contributed by atoms with Crippen molar-refractivity contribution in [3.63, 3.8) is 0 Å². The second-order valence-electron chi connectivity index (χ2n) is 5.87. The van der Waals surface area contributed by atoms with Gasteiger partial charge in [-0.15, -0.1) is 0 Å². The first kappa shape index (κ1) is 13.8. The molecule has 2 atom stereocenters. The summed E-state index contributed by atoms with van der Waals surface area (Å²) in [7, 11) is -2.89. The molecule has 2 rings (SSSR count). The van der Waals surface area contributed by atoms with Gasteiger partial charge in [0.15, 0.2) is 9.84 Å². The Morgan fingerprint density at radius 1 is 1.17 bits per heavy atom. The number of allylic oxidation sites excluding steroid dienone is 2. The molecule has 0 aliphatic carbocycles. The minimum Gasteiger partial charge on any atom is -0.299 e. The van der Waals surface area contributed by atoms with Gasteiger partial charge in [-0.25, -0.2) is 8.42 Å². The van der Waals surface area contributed by atoms with Crippen LogP contribution >= 0.6 is 0 Å². The van der Waals surface area contributed by atoms with Crippen LogP contribution in [0.15, 0.2) is 11.6 Å². The highest BCUT2D eigenvalue weighted by atomic mass is 32.2. The van der Waals surface area contributed by atoms with E-state index < -0.39 is 9.84 Å². The molecule has 2 unspecified atom stereocenters. The van der Waals surface area contributed by atoms with Crippen LogP contribution in [-0.2, 0) is 14.6 Å². The quantitative estimate of drug-likeness (QED) is 0.738. The zero-order chi connectivity index (χ0) is 13.3. The number of fused-ring (bicyclic) bond motifs is 2. The number of hydrogen-bond acceptors (Lipinski definition) is 3. The molecule has 0 spiro atoms. The predicted molar refractivity (Wildman–Crippen MR) is 72.1 cm³/mol. The molecule has 0 aromatic carbocycles. The standard InChI is InChI=1S/C14H22O3S/c1-10(2)4-3-5-14(15)11-8-12-6-7-13(9-11)18(12,16)17/h4,11-13H,3,5-9H2,1-2H3. The van der Waals surface area contributed by atoms with Crippen molar-refractivity contribution in [1.29, 1.82) is 0 Å². The second-order valence-corrected chi connectivity index (χ2v) is 8.38. The molecule has 18 heavy (non-hydrogen) atoms. The van der Waals surface area contributed by atoms with Crippen molar-refractivity contribution < 1.29 is 13.2 Å². The van der Waals surface area contributed by atoms with E-state index in [4.69, 9.17) is 0 Å². The monoisotopic (exact) mass is 270 g/mol. The lowest BCUT2D eigenvalue weighted by Gasteiger charge is -2.26. The summed E-state index contributed by atoms with van der Waals surface area (Å²) in [5.74, 6) is 0.260. The van der Waals surface area contributed by atoms with Crippen molar-refractivity contribution in [2.75, 3.05) is 0 Å². The minimum atomic E-state index is -2.89. The topological polar surface area (TPSA) is 51.2 Å². The van der Waals surface area contributed by atoms with Gasteiger partial charge in [0.05, 0.1) is 10.5 Å². The fourth-order valence-electron chi connectivity index (χ4n) is 3.18. The van der Waals surface area contributed by atoms with Crippen LogP contribution in [0.25, 0.3) is 0 Å². The van der Waals surface area contributed by atoms with E-state index in [1.807, 2.05) is 13.8 Å². The van der Waals surface area contributed by atoms with E-state index in [2.05, 4.69) is 6.08 Å². The van der Waals surface area contributed by atoms with E-state index in [9.17, 15) is 13.2 Å². The number of hydrogen-bond donors (Lipinski definition) is 0. The van der Waals surface area contributed by atoms with Gasteiger partial charge in [0.2, 0.25) is 0 Å². The molecule has 0 amide bonds. The first-order valence-electron chi connectivity index (χ1n) is 6.80. The first-order chi connectivity index (χ1) is 8.41. The molecule has 0 radical (unpaired) electrons. The summed E-state index contributed by atoms with van der Waals surface area (Å²) in [5.41, 5.74) is 1.23. The van der Waals surface area contributed by atoms with E-state index in [-0.39, 0.29) is 22.2 Å². The Bertz CT molecular complexity index is 437. The molecule has 2 aliphatic heterocycles. The predicted octanol–water partition coefficient (Wildman–Crippen LogP) is 2.66. The number of carbonyl (C=O) groups excluding carboxylic acids is 1. The van der Waals surface area contributed by atoms with Gasteiger partial charge in [-0.1, -0.05) is 11.6 Å². The summed E-state index contributed by atoms with van der Waals surface area (Å²) < 4.78 is 23.9. The molecule has 0 aromatic heterocycles.